The Labute approximate surface area is 228 Å². The SMILES string of the molecule is CN(C(=O)O)[C@]12CCC(C)(C)C[C@H]1[C@H]1C(=O)C[C@@H]3[C@@]4(C)C=C(C#N)C(=O)C(C)(C)[C@@H]4CC[C@@]3(C)[C@]1(C)CC2. The van der Waals surface area contributed by atoms with Crippen molar-refractivity contribution < 1.29 is 19.5 Å². The van der Waals surface area contributed by atoms with Crippen LogP contribution in [0, 0.1) is 62.1 Å². The molecule has 0 aromatic carbocycles. The Morgan fingerprint density at radius 3 is 2.21 bits per heavy atom. The first-order valence-corrected chi connectivity index (χ1v) is 14.6. The number of Topliss-reactive ketones (excluding diaryl/α,β-unsaturated/α-hetero) is 2. The Morgan fingerprint density at radius 1 is 0.974 bits per heavy atom. The summed E-state index contributed by atoms with van der Waals surface area (Å²) in [6.07, 6.45) is 7.55. The first-order chi connectivity index (χ1) is 17.4. The van der Waals surface area contributed by atoms with E-state index in [0.29, 0.717) is 6.42 Å². The molecule has 0 radical (unpaired) electrons. The lowest BCUT2D eigenvalue weighted by Crippen LogP contribution is -2.72. The van der Waals surface area contributed by atoms with E-state index >= 15 is 0 Å². The molecule has 1 N–H and O–H groups in total. The summed E-state index contributed by atoms with van der Waals surface area (Å²) >= 11 is 0. The van der Waals surface area contributed by atoms with Crippen molar-refractivity contribution in [2.75, 3.05) is 7.05 Å². The molecular formula is C32H46N2O4. The van der Waals surface area contributed by atoms with Gasteiger partial charge in [-0.2, -0.15) is 5.26 Å². The molecule has 0 aliphatic heterocycles. The molecule has 0 saturated heterocycles. The first-order valence-electron chi connectivity index (χ1n) is 14.6. The number of carbonyl (C=O) groups excluding carboxylic acids is 2. The number of nitriles is 1. The number of amides is 1. The van der Waals surface area contributed by atoms with Gasteiger partial charge in [-0.05, 0) is 84.4 Å². The monoisotopic (exact) mass is 522 g/mol. The molecule has 208 valence electrons. The van der Waals surface area contributed by atoms with E-state index in [1.165, 1.54) is 0 Å². The smallest absolute Gasteiger partial charge is 0.407 e. The highest BCUT2D eigenvalue weighted by molar-refractivity contribution is 6.04. The minimum absolute atomic E-state index is 0.00325. The number of nitrogens with zero attached hydrogens (tertiary/aromatic N) is 2. The highest BCUT2D eigenvalue weighted by atomic mass is 16.4. The molecule has 0 aromatic heterocycles. The highest BCUT2D eigenvalue weighted by Gasteiger charge is 2.72. The van der Waals surface area contributed by atoms with Crippen molar-refractivity contribution in [3.8, 4) is 6.07 Å². The van der Waals surface area contributed by atoms with Gasteiger partial charge in [0.05, 0.1) is 5.57 Å². The number of hydrogen-bond donors (Lipinski definition) is 1. The van der Waals surface area contributed by atoms with E-state index < -0.39 is 22.5 Å². The summed E-state index contributed by atoms with van der Waals surface area (Å²) < 4.78 is 0. The van der Waals surface area contributed by atoms with Gasteiger partial charge in [-0.3, -0.25) is 9.59 Å². The molecule has 6 heteroatoms. The molecule has 4 saturated carbocycles. The van der Waals surface area contributed by atoms with Crippen LogP contribution in [0.1, 0.15) is 99.8 Å². The summed E-state index contributed by atoms with van der Waals surface area (Å²) in [5, 5.41) is 20.0. The van der Waals surface area contributed by atoms with Crippen LogP contribution >= 0.6 is 0 Å². The molecule has 0 spiro atoms. The van der Waals surface area contributed by atoms with Crippen molar-refractivity contribution in [1.29, 1.82) is 5.26 Å². The van der Waals surface area contributed by atoms with Crippen LogP contribution in [0.3, 0.4) is 0 Å². The molecule has 6 nitrogen and oxygen atoms in total. The van der Waals surface area contributed by atoms with Crippen LogP contribution in [0.5, 0.6) is 0 Å². The minimum Gasteiger partial charge on any atom is -0.465 e. The second kappa shape index (κ2) is 7.95. The zero-order chi connectivity index (χ0) is 28.3. The van der Waals surface area contributed by atoms with Gasteiger partial charge in [-0.15, -0.1) is 0 Å². The van der Waals surface area contributed by atoms with Gasteiger partial charge in [-0.25, -0.2) is 4.79 Å². The van der Waals surface area contributed by atoms with E-state index in [-0.39, 0.29) is 57.1 Å². The van der Waals surface area contributed by atoms with Crippen molar-refractivity contribution in [1.82, 2.24) is 4.90 Å². The van der Waals surface area contributed by atoms with Crippen LogP contribution in [0.4, 0.5) is 4.79 Å². The molecule has 0 bridgehead atoms. The van der Waals surface area contributed by atoms with E-state index in [9.17, 15) is 24.8 Å². The standard InChI is InChI=1S/C32H46N2O4/c1-27(2)11-13-32(34(8)26(37)38)14-12-31(7)24(20(32)17-27)21(35)15-23-29(5)16-19(18-33)25(36)28(3,4)22(29)9-10-30(23,31)6/h16,20,22-24H,9-15,17H2,1-8H3,(H,37,38)/t20-,22-,23+,24-,29-,30+,31+,32-/m0/s1. The summed E-state index contributed by atoms with van der Waals surface area (Å²) in [7, 11) is 1.72. The maximum atomic E-state index is 14.5. The first kappa shape index (κ1) is 27.4. The molecule has 5 rings (SSSR count). The van der Waals surface area contributed by atoms with Crippen LogP contribution in [-0.2, 0) is 9.59 Å². The molecule has 0 unspecified atom stereocenters. The van der Waals surface area contributed by atoms with Crippen molar-refractivity contribution in [3.63, 3.8) is 0 Å². The zero-order valence-corrected chi connectivity index (χ0v) is 24.6. The average Bonchev–Trinajstić information content (AvgIpc) is 2.82. The Hall–Kier alpha value is -2.16. The van der Waals surface area contributed by atoms with Gasteiger partial charge in [-0.1, -0.05) is 54.5 Å². The van der Waals surface area contributed by atoms with E-state index in [0.717, 1.165) is 44.9 Å². The number of carbonyl (C=O) groups is 3. The number of hydrogen-bond acceptors (Lipinski definition) is 4. The van der Waals surface area contributed by atoms with Crippen molar-refractivity contribution in [3.05, 3.63) is 11.6 Å². The molecule has 8 atom stereocenters. The minimum atomic E-state index is -0.901. The lowest BCUT2D eigenvalue weighted by molar-refractivity contribution is -0.222. The topological polar surface area (TPSA) is 98.5 Å². The number of allylic oxidation sites excluding steroid dienone is 2. The second-order valence-corrected chi connectivity index (χ2v) is 15.6. The molecule has 4 fully saturated rings. The number of rotatable bonds is 1. The number of ketones is 2. The Bertz CT molecular complexity index is 1180. The highest BCUT2D eigenvalue weighted by Crippen LogP contribution is 2.75. The van der Waals surface area contributed by atoms with E-state index in [1.807, 2.05) is 19.9 Å². The van der Waals surface area contributed by atoms with Crippen molar-refractivity contribution in [2.45, 2.75) is 105 Å². The summed E-state index contributed by atoms with van der Waals surface area (Å²) in [5.74, 6) is 0.137. The number of fused-ring (bicyclic) bond motifs is 7. The molecule has 5 aliphatic carbocycles. The second-order valence-electron chi connectivity index (χ2n) is 15.6. The summed E-state index contributed by atoms with van der Waals surface area (Å²) in [6, 6.07) is 2.19. The van der Waals surface area contributed by atoms with E-state index in [2.05, 4.69) is 40.7 Å². The van der Waals surface area contributed by atoms with Gasteiger partial charge in [0.2, 0.25) is 0 Å². The van der Waals surface area contributed by atoms with Crippen LogP contribution in [-0.4, -0.2) is 40.3 Å². The maximum absolute atomic E-state index is 14.5. The predicted molar refractivity (Wildman–Crippen MR) is 145 cm³/mol. The molecule has 5 aliphatic rings. The fourth-order valence-electron chi connectivity index (χ4n) is 11.1. The van der Waals surface area contributed by atoms with Crippen molar-refractivity contribution >= 4 is 17.7 Å². The van der Waals surface area contributed by atoms with Crippen LogP contribution in [0.2, 0.25) is 0 Å². The van der Waals surface area contributed by atoms with Crippen LogP contribution < -0.4 is 0 Å². The van der Waals surface area contributed by atoms with Gasteiger partial charge in [0.1, 0.15) is 11.9 Å². The molecular weight excluding hydrogens is 476 g/mol. The summed E-state index contributed by atoms with van der Waals surface area (Å²) in [5.41, 5.74) is -1.68. The molecule has 38 heavy (non-hydrogen) atoms. The van der Waals surface area contributed by atoms with E-state index in [4.69, 9.17) is 0 Å². The van der Waals surface area contributed by atoms with E-state index in [1.54, 1.807) is 11.9 Å². The maximum Gasteiger partial charge on any atom is 0.407 e. The number of carboxylic acid groups (broad SMARTS) is 1. The van der Waals surface area contributed by atoms with Gasteiger partial charge in [0.15, 0.2) is 5.78 Å². The molecule has 0 aromatic rings. The van der Waals surface area contributed by atoms with Gasteiger partial charge >= 0.3 is 6.09 Å². The third-order valence-corrected chi connectivity index (χ3v) is 13.4. The summed E-state index contributed by atoms with van der Waals surface area (Å²) in [4.78, 5) is 41.6. The summed E-state index contributed by atoms with van der Waals surface area (Å²) in [6.45, 7) is 15.4. The lowest BCUT2D eigenvalue weighted by Gasteiger charge is -2.72. The fourth-order valence-corrected chi connectivity index (χ4v) is 11.1. The fraction of sp³-hybridized carbons (Fsp3) is 0.812. The molecule has 1 amide bonds. The van der Waals surface area contributed by atoms with Crippen LogP contribution in [0.25, 0.3) is 0 Å². The van der Waals surface area contributed by atoms with Gasteiger partial charge < -0.3 is 10.0 Å². The largest absolute Gasteiger partial charge is 0.465 e. The van der Waals surface area contributed by atoms with Gasteiger partial charge in [0.25, 0.3) is 0 Å². The van der Waals surface area contributed by atoms with Gasteiger partial charge in [0, 0.05) is 30.3 Å². The quantitative estimate of drug-likeness (QED) is 0.416. The zero-order valence-electron chi connectivity index (χ0n) is 24.6. The van der Waals surface area contributed by atoms with Crippen molar-refractivity contribution in [2.24, 2.45) is 50.7 Å². The normalized spacial score (nSPS) is 46.9. The van der Waals surface area contributed by atoms with Crippen LogP contribution in [0.15, 0.2) is 11.6 Å². The average molecular weight is 523 g/mol. The Morgan fingerprint density at radius 2 is 1.61 bits per heavy atom. The lowest BCUT2D eigenvalue weighted by atomic mass is 9.32. The third kappa shape index (κ3) is 3.20. The predicted octanol–water partition coefficient (Wildman–Crippen LogP) is 6.65. The third-order valence-electron chi connectivity index (χ3n) is 13.4. The Kier molecular flexibility index (Phi) is 5.73. The Balaban J connectivity index is 1.65. The molecule has 0 heterocycles.